The zero-order chi connectivity index (χ0) is 23.6. The van der Waals surface area contributed by atoms with Gasteiger partial charge in [-0.3, -0.25) is 4.79 Å². The van der Waals surface area contributed by atoms with Crippen LogP contribution in [-0.4, -0.2) is 56.4 Å². The summed E-state index contributed by atoms with van der Waals surface area (Å²) in [6.07, 6.45) is -0.649. The quantitative estimate of drug-likeness (QED) is 0.458. The molecular weight excluding hydrogens is 468 g/mol. The Hall–Kier alpha value is -2.40. The predicted molar refractivity (Wildman–Crippen MR) is 111 cm³/mol. The van der Waals surface area contributed by atoms with Crippen LogP contribution in [0.5, 0.6) is 0 Å². The topological polar surface area (TPSA) is 90.0 Å². The molecule has 0 saturated carbocycles. The van der Waals surface area contributed by atoms with Crippen molar-refractivity contribution in [3.8, 4) is 0 Å². The molecule has 7 nitrogen and oxygen atoms in total. The van der Waals surface area contributed by atoms with Crippen molar-refractivity contribution < 1.29 is 36.3 Å². The second kappa shape index (κ2) is 9.62. The number of morpholine rings is 1. The third-order valence-electron chi connectivity index (χ3n) is 4.73. The highest BCUT2D eigenvalue weighted by Crippen LogP contribution is 2.28. The molecular formula is C21H20ClF2NO6S. The lowest BCUT2D eigenvalue weighted by Gasteiger charge is -2.34. The van der Waals surface area contributed by atoms with E-state index in [4.69, 9.17) is 21.1 Å². The summed E-state index contributed by atoms with van der Waals surface area (Å²) in [5, 5.41) is -0.0914. The fraction of sp³-hybridized carbons (Fsp3) is 0.333. The summed E-state index contributed by atoms with van der Waals surface area (Å²) in [5.41, 5.74) is -0.734. The maximum atomic E-state index is 13.7. The van der Waals surface area contributed by atoms with E-state index in [0.717, 1.165) is 18.2 Å². The third kappa shape index (κ3) is 5.32. The number of carbonyl (C=O) groups is 2. The van der Waals surface area contributed by atoms with Gasteiger partial charge in [0.15, 0.2) is 6.61 Å². The summed E-state index contributed by atoms with van der Waals surface area (Å²) < 4.78 is 64.8. The van der Waals surface area contributed by atoms with E-state index in [2.05, 4.69) is 0 Å². The normalized spacial score (nSPS) is 19.5. The van der Waals surface area contributed by atoms with Gasteiger partial charge in [0.1, 0.15) is 16.5 Å². The molecule has 32 heavy (non-hydrogen) atoms. The first-order valence-corrected chi connectivity index (χ1v) is 11.4. The number of halogens is 3. The smallest absolute Gasteiger partial charge is 0.338 e. The Morgan fingerprint density at radius 1 is 1.12 bits per heavy atom. The van der Waals surface area contributed by atoms with Crippen LogP contribution in [-0.2, 0) is 19.5 Å². The summed E-state index contributed by atoms with van der Waals surface area (Å²) in [6, 6.07) is 5.85. The molecule has 1 saturated heterocycles. The van der Waals surface area contributed by atoms with Crippen LogP contribution in [0.1, 0.15) is 34.6 Å². The lowest BCUT2D eigenvalue weighted by atomic mass is 10.1. The van der Waals surface area contributed by atoms with Gasteiger partial charge in [-0.05, 0) is 50.2 Å². The van der Waals surface area contributed by atoms with E-state index in [9.17, 15) is 26.8 Å². The van der Waals surface area contributed by atoms with Crippen LogP contribution >= 0.6 is 11.6 Å². The van der Waals surface area contributed by atoms with Crippen LogP contribution in [0.3, 0.4) is 0 Å². The highest BCUT2D eigenvalue weighted by atomic mass is 35.5. The van der Waals surface area contributed by atoms with E-state index in [1.807, 2.05) is 0 Å². The molecule has 0 bridgehead atoms. The molecule has 3 rings (SSSR count). The molecule has 0 aliphatic carbocycles. The van der Waals surface area contributed by atoms with Gasteiger partial charge in [0, 0.05) is 13.1 Å². The van der Waals surface area contributed by atoms with E-state index < -0.39 is 45.6 Å². The molecule has 0 N–H and O–H groups in total. The zero-order valence-electron chi connectivity index (χ0n) is 17.2. The van der Waals surface area contributed by atoms with E-state index in [-0.39, 0.29) is 40.8 Å². The Kier molecular flexibility index (Phi) is 7.29. The van der Waals surface area contributed by atoms with Crippen molar-refractivity contribution in [3.05, 3.63) is 64.2 Å². The molecule has 11 heteroatoms. The summed E-state index contributed by atoms with van der Waals surface area (Å²) >= 11 is 6.10. The first-order valence-electron chi connectivity index (χ1n) is 9.59. The number of benzene rings is 2. The van der Waals surface area contributed by atoms with E-state index >= 15 is 0 Å². The molecule has 172 valence electrons. The number of hydrogen-bond donors (Lipinski definition) is 0. The molecule has 0 spiro atoms. The second-order valence-corrected chi connectivity index (χ2v) is 9.66. The van der Waals surface area contributed by atoms with Crippen molar-refractivity contribution in [2.75, 3.05) is 19.7 Å². The van der Waals surface area contributed by atoms with Gasteiger partial charge >= 0.3 is 5.97 Å². The van der Waals surface area contributed by atoms with Crippen molar-refractivity contribution in [3.63, 3.8) is 0 Å². The van der Waals surface area contributed by atoms with Crippen molar-refractivity contribution in [1.82, 2.24) is 4.31 Å². The first kappa shape index (κ1) is 24.2. The lowest BCUT2D eigenvalue weighted by Crippen LogP contribution is -2.48. The lowest BCUT2D eigenvalue weighted by molar-refractivity contribution is -0.0440. The minimum atomic E-state index is -4.04. The molecule has 1 aliphatic rings. The van der Waals surface area contributed by atoms with Crippen LogP contribution in [0.15, 0.2) is 41.3 Å². The maximum absolute atomic E-state index is 13.7. The van der Waals surface area contributed by atoms with Crippen molar-refractivity contribution in [1.29, 1.82) is 0 Å². The zero-order valence-corrected chi connectivity index (χ0v) is 18.8. The number of carbonyl (C=O) groups excluding carboxylic acids is 2. The Bertz CT molecular complexity index is 1150. The Balaban J connectivity index is 1.78. The Morgan fingerprint density at radius 2 is 1.78 bits per heavy atom. The van der Waals surface area contributed by atoms with Crippen LogP contribution in [0.2, 0.25) is 5.02 Å². The average Bonchev–Trinajstić information content (AvgIpc) is 2.73. The number of sulfonamides is 1. The van der Waals surface area contributed by atoms with E-state index in [0.29, 0.717) is 6.07 Å². The Labute approximate surface area is 188 Å². The standard InChI is InChI=1S/C21H20ClF2NO6S/c1-12-9-25(10-13(2)31-12)32(28,29)20-7-14(3-5-17(20)22)21(27)30-11-19(26)16-8-15(23)4-6-18(16)24/h3-8,12-13H,9-11H2,1-2H3. The molecule has 0 aromatic heterocycles. The molecule has 1 fully saturated rings. The second-order valence-electron chi connectivity index (χ2n) is 7.35. The van der Waals surface area contributed by atoms with E-state index in [1.54, 1.807) is 13.8 Å². The molecule has 2 atom stereocenters. The van der Waals surface area contributed by atoms with Crippen LogP contribution in [0.25, 0.3) is 0 Å². The molecule has 0 amide bonds. The summed E-state index contributed by atoms with van der Waals surface area (Å²) in [6.45, 7) is 2.86. The highest BCUT2D eigenvalue weighted by Gasteiger charge is 2.34. The van der Waals surface area contributed by atoms with Gasteiger partial charge in [0.2, 0.25) is 15.8 Å². The van der Waals surface area contributed by atoms with Gasteiger partial charge in [-0.15, -0.1) is 0 Å². The van der Waals surface area contributed by atoms with Gasteiger partial charge in [-0.25, -0.2) is 22.0 Å². The van der Waals surface area contributed by atoms with Gasteiger partial charge in [-0.2, -0.15) is 4.31 Å². The maximum Gasteiger partial charge on any atom is 0.338 e. The van der Waals surface area contributed by atoms with Crippen molar-refractivity contribution in [2.24, 2.45) is 0 Å². The first-order chi connectivity index (χ1) is 15.0. The van der Waals surface area contributed by atoms with Crippen molar-refractivity contribution >= 4 is 33.4 Å². The van der Waals surface area contributed by atoms with E-state index in [1.165, 1.54) is 16.4 Å². The number of esters is 1. The minimum absolute atomic E-state index is 0.0914. The predicted octanol–water partition coefficient (Wildman–Crippen LogP) is 3.46. The summed E-state index contributed by atoms with van der Waals surface area (Å²) in [7, 11) is -4.04. The Morgan fingerprint density at radius 3 is 2.44 bits per heavy atom. The minimum Gasteiger partial charge on any atom is -0.454 e. The van der Waals surface area contributed by atoms with Crippen LogP contribution in [0.4, 0.5) is 8.78 Å². The molecule has 2 aromatic rings. The largest absolute Gasteiger partial charge is 0.454 e. The molecule has 0 radical (unpaired) electrons. The number of nitrogens with zero attached hydrogens (tertiary/aromatic N) is 1. The van der Waals surface area contributed by atoms with Crippen molar-refractivity contribution in [2.45, 2.75) is 31.0 Å². The number of hydrogen-bond acceptors (Lipinski definition) is 6. The summed E-state index contributed by atoms with van der Waals surface area (Å²) in [5.74, 6) is -3.75. The monoisotopic (exact) mass is 487 g/mol. The third-order valence-corrected chi connectivity index (χ3v) is 7.05. The fourth-order valence-electron chi connectivity index (χ4n) is 3.30. The van der Waals surface area contributed by atoms with Crippen LogP contribution in [0, 0.1) is 11.6 Å². The molecule has 2 unspecified atom stereocenters. The van der Waals surface area contributed by atoms with Crippen LogP contribution < -0.4 is 0 Å². The fourth-order valence-corrected chi connectivity index (χ4v) is 5.39. The van der Waals surface area contributed by atoms with Gasteiger partial charge in [0.05, 0.1) is 28.4 Å². The molecule has 2 aromatic carbocycles. The molecule has 1 heterocycles. The summed E-state index contributed by atoms with van der Waals surface area (Å²) in [4.78, 5) is 24.2. The highest BCUT2D eigenvalue weighted by molar-refractivity contribution is 7.89. The number of Topliss-reactive ketones (excluding diaryl/α,β-unsaturated/α-hetero) is 1. The SMILES string of the molecule is CC1CN(S(=O)(=O)c2cc(C(=O)OCC(=O)c3cc(F)ccc3F)ccc2Cl)CC(C)O1. The van der Waals surface area contributed by atoms with Gasteiger partial charge < -0.3 is 9.47 Å². The van der Waals surface area contributed by atoms with Gasteiger partial charge in [-0.1, -0.05) is 11.6 Å². The average molecular weight is 488 g/mol. The molecule has 1 aliphatic heterocycles. The van der Waals surface area contributed by atoms with Gasteiger partial charge in [0.25, 0.3) is 0 Å². The number of ketones is 1. The number of ether oxygens (including phenoxy) is 2. The number of rotatable bonds is 6.